The first-order valence-electron chi connectivity index (χ1n) is 8.35. The molecule has 0 saturated heterocycles. The molecule has 0 bridgehead atoms. The number of hydrogen-bond acceptors (Lipinski definition) is 1. The summed E-state index contributed by atoms with van der Waals surface area (Å²) >= 11 is 0. The summed E-state index contributed by atoms with van der Waals surface area (Å²) in [6.07, 6.45) is 1.80. The molecule has 3 aromatic carbocycles. The number of aryl methyl sites for hydroxylation is 1. The fraction of sp³-hybridized carbons (Fsp3) is 0.182. The summed E-state index contributed by atoms with van der Waals surface area (Å²) in [5.41, 5.74) is 3.15. The maximum atomic E-state index is 14.6. The van der Waals surface area contributed by atoms with Crippen molar-refractivity contribution in [2.75, 3.05) is 7.11 Å². The molecule has 0 N–H and O–H groups in total. The van der Waals surface area contributed by atoms with Crippen molar-refractivity contribution in [2.45, 2.75) is 19.8 Å². The van der Waals surface area contributed by atoms with Crippen LogP contribution in [0.4, 0.5) is 8.78 Å². The molecule has 3 heteroatoms. The fourth-order valence-corrected chi connectivity index (χ4v) is 2.92. The fourth-order valence-electron chi connectivity index (χ4n) is 2.92. The quantitative estimate of drug-likeness (QED) is 0.533. The van der Waals surface area contributed by atoms with Crippen LogP contribution in [0.25, 0.3) is 22.3 Å². The van der Waals surface area contributed by atoms with Crippen molar-refractivity contribution in [2.24, 2.45) is 0 Å². The molecule has 0 unspecified atom stereocenters. The summed E-state index contributed by atoms with van der Waals surface area (Å²) in [6.45, 7) is 2.05. The van der Waals surface area contributed by atoms with Crippen LogP contribution >= 0.6 is 0 Å². The molecule has 0 aliphatic heterocycles. The van der Waals surface area contributed by atoms with E-state index >= 15 is 0 Å². The second-order valence-electron chi connectivity index (χ2n) is 5.99. The van der Waals surface area contributed by atoms with E-state index in [9.17, 15) is 8.78 Å². The first-order valence-corrected chi connectivity index (χ1v) is 8.35. The molecule has 0 amide bonds. The van der Waals surface area contributed by atoms with E-state index in [1.165, 1.54) is 12.1 Å². The van der Waals surface area contributed by atoms with Gasteiger partial charge in [0.25, 0.3) is 0 Å². The van der Waals surface area contributed by atoms with Gasteiger partial charge in [-0.25, -0.2) is 8.78 Å². The molecule has 1 nitrogen and oxygen atoms in total. The van der Waals surface area contributed by atoms with Crippen molar-refractivity contribution in [3.63, 3.8) is 0 Å². The van der Waals surface area contributed by atoms with Crippen LogP contribution in [0.2, 0.25) is 0 Å². The standard InChI is InChI=1S/C22H20F2O/c1-3-4-15-5-11-20(21(23)13-15)17-8-12-19(22(24)14-17)16-6-9-18(25-2)10-7-16/h5-14H,3-4H2,1-2H3. The average Bonchev–Trinajstić information content (AvgIpc) is 2.62. The maximum absolute atomic E-state index is 14.6. The molecule has 128 valence electrons. The molecular weight excluding hydrogens is 318 g/mol. The maximum Gasteiger partial charge on any atom is 0.131 e. The molecule has 0 atom stereocenters. The van der Waals surface area contributed by atoms with E-state index in [2.05, 4.69) is 6.92 Å². The monoisotopic (exact) mass is 338 g/mol. The topological polar surface area (TPSA) is 9.23 Å². The smallest absolute Gasteiger partial charge is 0.131 e. The lowest BCUT2D eigenvalue weighted by molar-refractivity contribution is 0.415. The van der Waals surface area contributed by atoms with Gasteiger partial charge in [0.2, 0.25) is 0 Å². The van der Waals surface area contributed by atoms with Gasteiger partial charge in [0, 0.05) is 11.1 Å². The molecule has 3 aromatic rings. The second-order valence-corrected chi connectivity index (χ2v) is 5.99. The molecule has 0 radical (unpaired) electrons. The summed E-state index contributed by atoms with van der Waals surface area (Å²) in [4.78, 5) is 0. The lowest BCUT2D eigenvalue weighted by Gasteiger charge is -2.09. The van der Waals surface area contributed by atoms with Gasteiger partial charge in [-0.3, -0.25) is 0 Å². The van der Waals surface area contributed by atoms with Gasteiger partial charge in [0.15, 0.2) is 0 Å². The van der Waals surface area contributed by atoms with E-state index in [0.717, 1.165) is 29.7 Å². The number of ether oxygens (including phenoxy) is 1. The van der Waals surface area contributed by atoms with Gasteiger partial charge in [-0.05, 0) is 47.4 Å². The summed E-state index contributed by atoms with van der Waals surface area (Å²) in [5, 5.41) is 0. The normalized spacial score (nSPS) is 10.7. The molecule has 0 spiro atoms. The molecule has 0 aliphatic rings. The minimum absolute atomic E-state index is 0.317. The van der Waals surface area contributed by atoms with E-state index < -0.39 is 0 Å². The van der Waals surface area contributed by atoms with Crippen LogP contribution in [0.15, 0.2) is 60.7 Å². The van der Waals surface area contributed by atoms with Crippen molar-refractivity contribution in [3.8, 4) is 28.0 Å². The van der Waals surface area contributed by atoms with Gasteiger partial charge >= 0.3 is 0 Å². The number of hydrogen-bond donors (Lipinski definition) is 0. The predicted octanol–water partition coefficient (Wildman–Crippen LogP) is 6.26. The SMILES string of the molecule is CCCc1ccc(-c2ccc(-c3ccc(OC)cc3)c(F)c2)c(F)c1. The van der Waals surface area contributed by atoms with E-state index in [1.807, 2.05) is 6.07 Å². The molecule has 25 heavy (non-hydrogen) atoms. The highest BCUT2D eigenvalue weighted by atomic mass is 19.1. The summed E-state index contributed by atoms with van der Waals surface area (Å²) in [6, 6.07) is 17.2. The van der Waals surface area contributed by atoms with E-state index in [-0.39, 0.29) is 11.6 Å². The summed E-state index contributed by atoms with van der Waals surface area (Å²) < 4.78 is 34.1. The molecule has 0 aliphatic carbocycles. The minimum atomic E-state index is -0.375. The Kier molecular flexibility index (Phi) is 5.13. The van der Waals surface area contributed by atoms with Crippen LogP contribution in [0.5, 0.6) is 5.75 Å². The van der Waals surface area contributed by atoms with Crippen LogP contribution < -0.4 is 4.74 Å². The summed E-state index contributed by atoms with van der Waals surface area (Å²) in [5.74, 6) is 0.0252. The Hall–Kier alpha value is -2.68. The zero-order chi connectivity index (χ0) is 17.8. The van der Waals surface area contributed by atoms with Crippen molar-refractivity contribution in [1.29, 1.82) is 0 Å². The number of halogens is 2. The molecule has 0 heterocycles. The highest BCUT2D eigenvalue weighted by molar-refractivity contribution is 5.71. The Labute approximate surface area is 146 Å². The highest BCUT2D eigenvalue weighted by Crippen LogP contribution is 2.30. The Balaban J connectivity index is 1.93. The molecule has 0 aromatic heterocycles. The van der Waals surface area contributed by atoms with Gasteiger partial charge < -0.3 is 4.74 Å². The lowest BCUT2D eigenvalue weighted by atomic mass is 9.98. The van der Waals surface area contributed by atoms with Crippen LogP contribution in [0.3, 0.4) is 0 Å². The van der Waals surface area contributed by atoms with Crippen LogP contribution in [-0.2, 0) is 6.42 Å². The molecule has 3 rings (SSSR count). The number of methoxy groups -OCH3 is 1. The minimum Gasteiger partial charge on any atom is -0.497 e. The number of benzene rings is 3. The van der Waals surface area contributed by atoms with E-state index in [0.29, 0.717) is 16.7 Å². The highest BCUT2D eigenvalue weighted by Gasteiger charge is 2.11. The average molecular weight is 338 g/mol. The molecule has 0 saturated carbocycles. The zero-order valence-electron chi connectivity index (χ0n) is 14.4. The van der Waals surface area contributed by atoms with Gasteiger partial charge in [0.1, 0.15) is 17.4 Å². The number of rotatable bonds is 5. The van der Waals surface area contributed by atoms with Crippen molar-refractivity contribution >= 4 is 0 Å². The van der Waals surface area contributed by atoms with E-state index in [1.54, 1.807) is 49.6 Å². The second kappa shape index (κ2) is 7.47. The Morgan fingerprint density at radius 1 is 0.760 bits per heavy atom. The van der Waals surface area contributed by atoms with Gasteiger partial charge in [-0.2, -0.15) is 0 Å². The van der Waals surface area contributed by atoms with Gasteiger partial charge in [0.05, 0.1) is 7.11 Å². The molecule has 0 fully saturated rings. The van der Waals surface area contributed by atoms with Crippen molar-refractivity contribution in [3.05, 3.63) is 77.9 Å². The van der Waals surface area contributed by atoms with Gasteiger partial charge in [-0.1, -0.05) is 49.7 Å². The largest absolute Gasteiger partial charge is 0.497 e. The third kappa shape index (κ3) is 3.71. The molecular formula is C22H20F2O. The Morgan fingerprint density at radius 3 is 1.96 bits per heavy atom. The predicted molar refractivity (Wildman–Crippen MR) is 97.8 cm³/mol. The van der Waals surface area contributed by atoms with Gasteiger partial charge in [-0.15, -0.1) is 0 Å². The van der Waals surface area contributed by atoms with Crippen LogP contribution in [-0.4, -0.2) is 7.11 Å². The first-order chi connectivity index (χ1) is 12.1. The van der Waals surface area contributed by atoms with Crippen LogP contribution in [0.1, 0.15) is 18.9 Å². The zero-order valence-corrected chi connectivity index (χ0v) is 14.4. The first kappa shape index (κ1) is 17.2. The van der Waals surface area contributed by atoms with Crippen molar-refractivity contribution in [1.82, 2.24) is 0 Å². The van der Waals surface area contributed by atoms with Crippen molar-refractivity contribution < 1.29 is 13.5 Å². The van der Waals surface area contributed by atoms with E-state index in [4.69, 9.17) is 4.74 Å². The summed E-state index contributed by atoms with van der Waals surface area (Å²) in [7, 11) is 1.59. The Bertz CT molecular complexity index is 870. The van der Waals surface area contributed by atoms with Crippen LogP contribution in [0, 0.1) is 11.6 Å². The third-order valence-corrected chi connectivity index (χ3v) is 4.25. The lowest BCUT2D eigenvalue weighted by Crippen LogP contribution is -1.91. The Morgan fingerprint density at radius 2 is 1.36 bits per heavy atom. The third-order valence-electron chi connectivity index (χ3n) is 4.25.